The first-order valence-electron chi connectivity index (χ1n) is 12.3. The highest BCUT2D eigenvalue weighted by Gasteiger charge is 2.28. The number of rotatable bonds is 11. The van der Waals surface area contributed by atoms with Crippen LogP contribution >= 0.6 is 0 Å². The zero-order valence-corrected chi connectivity index (χ0v) is 21.1. The minimum atomic E-state index is -0.741. The summed E-state index contributed by atoms with van der Waals surface area (Å²) in [5.74, 6) is 5.60. The minimum Gasteiger partial charge on any atom is -0.378 e. The van der Waals surface area contributed by atoms with Crippen molar-refractivity contribution in [3.05, 3.63) is 29.8 Å². The zero-order valence-electron chi connectivity index (χ0n) is 21.1. The molecule has 10 heteroatoms. The number of hydrazone groups is 1. The van der Waals surface area contributed by atoms with Crippen molar-refractivity contribution in [3.63, 3.8) is 0 Å². The van der Waals surface area contributed by atoms with E-state index in [-0.39, 0.29) is 12.1 Å². The minimum absolute atomic E-state index is 0.00892. The molecule has 2 saturated heterocycles. The largest absolute Gasteiger partial charge is 0.378 e. The van der Waals surface area contributed by atoms with Crippen LogP contribution in [0.15, 0.2) is 34.4 Å². The molecule has 0 amide bonds. The number of ether oxygens (including phenoxy) is 3. The van der Waals surface area contributed by atoms with Crippen LogP contribution < -0.4 is 10.7 Å². The molecule has 0 aliphatic carbocycles. The van der Waals surface area contributed by atoms with Crippen LogP contribution in [0.2, 0.25) is 0 Å². The molecule has 0 saturated carbocycles. The summed E-state index contributed by atoms with van der Waals surface area (Å²) in [6.45, 7) is 5.13. The third-order valence-electron chi connectivity index (χ3n) is 6.75. The van der Waals surface area contributed by atoms with Gasteiger partial charge in [-0.3, -0.25) is 4.99 Å². The lowest BCUT2D eigenvalue weighted by atomic mass is 10.0. The highest BCUT2D eigenvalue weighted by molar-refractivity contribution is 6.30. The van der Waals surface area contributed by atoms with E-state index in [0.29, 0.717) is 25.1 Å². The number of halogens is 1. The number of nitrogens with zero attached hydrogens (tertiary/aromatic N) is 4. The van der Waals surface area contributed by atoms with Gasteiger partial charge in [-0.1, -0.05) is 12.1 Å². The maximum atomic E-state index is 14.0. The van der Waals surface area contributed by atoms with Crippen molar-refractivity contribution in [2.45, 2.75) is 56.8 Å². The average molecular weight is 494 g/mol. The number of aliphatic hydroxyl groups is 1. The molecule has 2 aliphatic heterocycles. The van der Waals surface area contributed by atoms with Crippen molar-refractivity contribution in [3.8, 4) is 0 Å². The zero-order chi connectivity index (χ0) is 25.2. The number of aliphatic imine (C=N–C) groups is 1. The fourth-order valence-corrected chi connectivity index (χ4v) is 4.68. The third-order valence-corrected chi connectivity index (χ3v) is 6.75. The number of hydrogen-bond acceptors (Lipinski definition) is 9. The predicted molar refractivity (Wildman–Crippen MR) is 136 cm³/mol. The lowest BCUT2D eigenvalue weighted by Gasteiger charge is -2.36. The number of hydrogen-bond donors (Lipinski definition) is 2. The van der Waals surface area contributed by atoms with Gasteiger partial charge >= 0.3 is 0 Å². The molecule has 3 N–H and O–H groups in total. The number of methoxy groups -OCH3 is 1. The molecule has 2 aliphatic rings. The first-order chi connectivity index (χ1) is 16.9. The first-order valence-corrected chi connectivity index (χ1v) is 12.3. The Kier molecular flexibility index (Phi) is 10.9. The Balaban J connectivity index is 1.58. The summed E-state index contributed by atoms with van der Waals surface area (Å²) in [5.41, 5.74) is 2.55. The molecule has 3 rings (SSSR count). The molecule has 196 valence electrons. The fraction of sp³-hybridized carbons (Fsp3) is 0.680. The summed E-state index contributed by atoms with van der Waals surface area (Å²) in [6.07, 6.45) is 2.26. The Bertz CT molecular complexity index is 809. The van der Waals surface area contributed by atoms with Crippen LogP contribution in [-0.4, -0.2) is 100 Å². The van der Waals surface area contributed by atoms with Crippen molar-refractivity contribution >= 4 is 17.6 Å². The predicted octanol–water partition coefficient (Wildman–Crippen LogP) is 2.14. The van der Waals surface area contributed by atoms with Crippen LogP contribution in [-0.2, 0) is 14.2 Å². The van der Waals surface area contributed by atoms with Crippen LogP contribution in [0.1, 0.15) is 37.9 Å². The lowest BCUT2D eigenvalue weighted by molar-refractivity contribution is -0.173. The smallest absolute Gasteiger partial charge is 0.156 e. The summed E-state index contributed by atoms with van der Waals surface area (Å²) in [6, 6.07) is 7.49. The summed E-state index contributed by atoms with van der Waals surface area (Å²) in [4.78, 5) is 8.88. The van der Waals surface area contributed by atoms with Crippen molar-refractivity contribution in [1.82, 2.24) is 4.90 Å². The highest BCUT2D eigenvalue weighted by atomic mass is 19.1. The van der Waals surface area contributed by atoms with Gasteiger partial charge in [-0.15, -0.1) is 0 Å². The van der Waals surface area contributed by atoms with Gasteiger partial charge in [-0.2, -0.15) is 5.10 Å². The van der Waals surface area contributed by atoms with Gasteiger partial charge in [-0.25, -0.2) is 4.39 Å². The van der Waals surface area contributed by atoms with Gasteiger partial charge in [0.15, 0.2) is 6.29 Å². The van der Waals surface area contributed by atoms with E-state index in [9.17, 15) is 9.50 Å². The molecule has 2 fully saturated rings. The molecule has 5 atom stereocenters. The molecule has 35 heavy (non-hydrogen) atoms. The number of nitrogens with two attached hydrogens (primary N) is 1. The van der Waals surface area contributed by atoms with E-state index in [0.717, 1.165) is 44.0 Å². The van der Waals surface area contributed by atoms with E-state index in [1.165, 1.54) is 0 Å². The van der Waals surface area contributed by atoms with Gasteiger partial charge in [0.05, 0.1) is 25.0 Å². The molecule has 1 aromatic carbocycles. The van der Waals surface area contributed by atoms with Crippen LogP contribution in [0, 0.1) is 0 Å². The normalized spacial score (nSPS) is 25.8. The topological polar surface area (TPSA) is 105 Å². The molecule has 0 unspecified atom stereocenters. The molecule has 2 heterocycles. The van der Waals surface area contributed by atoms with E-state index in [1.807, 2.05) is 38.2 Å². The number of aliphatic hydroxyl groups excluding tert-OH is 1. The van der Waals surface area contributed by atoms with Crippen LogP contribution in [0.4, 0.5) is 10.1 Å². The van der Waals surface area contributed by atoms with E-state index in [1.54, 1.807) is 13.3 Å². The lowest BCUT2D eigenvalue weighted by Crippen LogP contribution is -2.43. The maximum absolute atomic E-state index is 14.0. The number of morpholine rings is 1. The Morgan fingerprint density at radius 2 is 2.03 bits per heavy atom. The monoisotopic (exact) mass is 493 g/mol. The Morgan fingerprint density at radius 1 is 1.31 bits per heavy atom. The average Bonchev–Trinajstić information content (AvgIpc) is 2.88. The van der Waals surface area contributed by atoms with Crippen molar-refractivity contribution in [2.24, 2.45) is 15.9 Å². The van der Waals surface area contributed by atoms with Crippen LogP contribution in [0.25, 0.3) is 0 Å². The Morgan fingerprint density at radius 3 is 2.63 bits per heavy atom. The van der Waals surface area contributed by atoms with Crippen LogP contribution in [0.5, 0.6) is 0 Å². The van der Waals surface area contributed by atoms with Crippen molar-refractivity contribution < 1.29 is 23.7 Å². The second-order valence-corrected chi connectivity index (χ2v) is 9.22. The van der Waals surface area contributed by atoms with Crippen molar-refractivity contribution in [1.29, 1.82) is 0 Å². The molecule has 9 nitrogen and oxygen atoms in total. The standard InChI is InChI=1S/C25H40FN5O4/c1-18-14-22(15-24(32)35-18)30(2)9-8-20(29-27)17-28-23(16-26)25(33-3)19-4-6-21(7-5-19)31-10-12-34-13-11-31/h4-7,17-18,22-25,32H,8-16,27H2,1-3H3/t18-,22+,23-,24-,25-/m1/s1. The Labute approximate surface area is 207 Å². The number of alkyl halides is 1. The molecule has 0 radical (unpaired) electrons. The highest BCUT2D eigenvalue weighted by Crippen LogP contribution is 2.26. The second kappa shape index (κ2) is 13.8. The summed E-state index contributed by atoms with van der Waals surface area (Å²) in [5, 5.41) is 13.7. The van der Waals surface area contributed by atoms with Gasteiger partial charge in [-0.05, 0) is 38.1 Å². The van der Waals surface area contributed by atoms with Gasteiger partial charge in [0, 0.05) is 57.5 Å². The maximum Gasteiger partial charge on any atom is 0.156 e. The molecule has 0 spiro atoms. The molecule has 1 aromatic rings. The molecular formula is C25H40FN5O4. The molecule has 0 aromatic heterocycles. The Hall–Kier alpha value is -2.11. The van der Waals surface area contributed by atoms with Gasteiger partial charge < -0.3 is 35.0 Å². The summed E-state index contributed by atoms with van der Waals surface area (Å²) >= 11 is 0. The van der Waals surface area contributed by atoms with E-state index in [4.69, 9.17) is 20.1 Å². The molecule has 0 bridgehead atoms. The third kappa shape index (κ3) is 7.94. The number of benzene rings is 1. The van der Waals surface area contributed by atoms with Gasteiger partial charge in [0.2, 0.25) is 0 Å². The first kappa shape index (κ1) is 27.5. The summed E-state index contributed by atoms with van der Waals surface area (Å²) < 4.78 is 30.5. The molecular weight excluding hydrogens is 453 g/mol. The van der Waals surface area contributed by atoms with E-state index in [2.05, 4.69) is 19.9 Å². The van der Waals surface area contributed by atoms with Crippen molar-refractivity contribution in [2.75, 3.05) is 58.6 Å². The van der Waals surface area contributed by atoms with Crippen LogP contribution in [0.3, 0.4) is 0 Å². The number of anilines is 1. The van der Waals surface area contributed by atoms with Gasteiger partial charge in [0.1, 0.15) is 18.8 Å². The summed E-state index contributed by atoms with van der Waals surface area (Å²) in [7, 11) is 3.57. The van der Waals surface area contributed by atoms with Gasteiger partial charge in [0.25, 0.3) is 0 Å². The fourth-order valence-electron chi connectivity index (χ4n) is 4.68. The van der Waals surface area contributed by atoms with E-state index < -0.39 is 25.1 Å². The SMILES string of the molecule is CO[C@H](c1ccc(N2CCOCC2)cc1)[C@@H](CF)N=CC(CCN(C)[C@H]1C[C@@H](C)O[C@@H](O)C1)=NN. The quantitative estimate of drug-likeness (QED) is 0.276. The van der Waals surface area contributed by atoms with E-state index >= 15 is 0 Å². The second-order valence-electron chi connectivity index (χ2n) is 9.22.